The monoisotopic (exact) mass is 184 g/mol. The Kier molecular flexibility index (Phi) is 3.74. The van der Waals surface area contributed by atoms with Gasteiger partial charge in [-0.3, -0.25) is 4.90 Å². The first-order valence-corrected chi connectivity index (χ1v) is 5.53. The first kappa shape index (κ1) is 11.0. The molecule has 1 heterocycles. The van der Waals surface area contributed by atoms with Crippen molar-refractivity contribution < 1.29 is 0 Å². The summed E-state index contributed by atoms with van der Waals surface area (Å²) in [6.07, 6.45) is 2.46. The van der Waals surface area contributed by atoms with E-state index in [0.29, 0.717) is 12.1 Å². The van der Waals surface area contributed by atoms with Crippen LogP contribution in [0.3, 0.4) is 0 Å². The minimum absolute atomic E-state index is 0.400. The second kappa shape index (κ2) is 4.43. The Hall–Kier alpha value is -0.0800. The quantitative estimate of drug-likeness (QED) is 0.709. The maximum absolute atomic E-state index is 5.98. The lowest BCUT2D eigenvalue weighted by atomic mass is 9.94. The van der Waals surface area contributed by atoms with Gasteiger partial charge in [0, 0.05) is 24.7 Å². The molecule has 2 N–H and O–H groups in total. The average molecular weight is 184 g/mol. The summed E-state index contributed by atoms with van der Waals surface area (Å²) in [4.78, 5) is 2.57. The third kappa shape index (κ3) is 2.68. The van der Waals surface area contributed by atoms with Gasteiger partial charge in [-0.05, 0) is 32.6 Å². The molecular weight excluding hydrogens is 160 g/mol. The normalized spacial score (nSPS) is 33.7. The van der Waals surface area contributed by atoms with Gasteiger partial charge in [0.1, 0.15) is 0 Å². The first-order valence-electron chi connectivity index (χ1n) is 5.53. The second-order valence-corrected chi connectivity index (χ2v) is 4.87. The lowest BCUT2D eigenvalue weighted by Gasteiger charge is -2.42. The zero-order chi connectivity index (χ0) is 10.0. The van der Waals surface area contributed by atoms with Gasteiger partial charge in [0.05, 0.1) is 0 Å². The summed E-state index contributed by atoms with van der Waals surface area (Å²) in [6.45, 7) is 10.3. The molecular formula is C11H24N2. The summed E-state index contributed by atoms with van der Waals surface area (Å²) < 4.78 is 0. The molecule has 0 radical (unpaired) electrons. The highest BCUT2D eigenvalue weighted by molar-refractivity contribution is 4.84. The summed E-state index contributed by atoms with van der Waals surface area (Å²) in [7, 11) is 0. The predicted octanol–water partition coefficient (Wildman–Crippen LogP) is 1.84. The number of nitrogens with zero attached hydrogens (tertiary/aromatic N) is 1. The second-order valence-electron chi connectivity index (χ2n) is 4.87. The maximum atomic E-state index is 5.98. The predicted molar refractivity (Wildman–Crippen MR) is 57.7 cm³/mol. The molecule has 1 aliphatic rings. The number of hydrogen-bond donors (Lipinski definition) is 1. The largest absolute Gasteiger partial charge is 0.327 e. The van der Waals surface area contributed by atoms with Crippen LogP contribution < -0.4 is 5.73 Å². The average Bonchev–Trinajstić information content (AvgIpc) is 2.08. The molecule has 1 rings (SSSR count). The van der Waals surface area contributed by atoms with Crippen molar-refractivity contribution in [2.45, 2.75) is 58.7 Å². The molecule has 0 bridgehead atoms. The molecule has 13 heavy (non-hydrogen) atoms. The Morgan fingerprint density at radius 2 is 1.85 bits per heavy atom. The highest BCUT2D eigenvalue weighted by atomic mass is 15.2. The van der Waals surface area contributed by atoms with Crippen LogP contribution in [0.15, 0.2) is 0 Å². The van der Waals surface area contributed by atoms with Gasteiger partial charge >= 0.3 is 0 Å². The van der Waals surface area contributed by atoms with Crippen LogP contribution in [0.4, 0.5) is 0 Å². The van der Waals surface area contributed by atoms with Gasteiger partial charge in [-0.1, -0.05) is 13.8 Å². The van der Waals surface area contributed by atoms with Crippen molar-refractivity contribution in [3.63, 3.8) is 0 Å². The molecule has 3 unspecified atom stereocenters. The van der Waals surface area contributed by atoms with E-state index in [4.69, 9.17) is 5.73 Å². The Morgan fingerprint density at radius 1 is 1.23 bits per heavy atom. The van der Waals surface area contributed by atoms with E-state index in [2.05, 4.69) is 32.6 Å². The molecule has 78 valence electrons. The van der Waals surface area contributed by atoms with E-state index in [9.17, 15) is 0 Å². The van der Waals surface area contributed by atoms with Crippen molar-refractivity contribution in [1.82, 2.24) is 4.90 Å². The third-order valence-electron chi connectivity index (χ3n) is 3.45. The van der Waals surface area contributed by atoms with E-state index in [1.807, 2.05) is 0 Å². The molecule has 3 atom stereocenters. The van der Waals surface area contributed by atoms with Gasteiger partial charge in [0.2, 0.25) is 0 Å². The summed E-state index contributed by atoms with van der Waals surface area (Å²) >= 11 is 0. The Labute approximate surface area is 82.5 Å². The lowest BCUT2D eigenvalue weighted by molar-refractivity contribution is 0.0786. The molecule has 1 fully saturated rings. The van der Waals surface area contributed by atoms with Crippen molar-refractivity contribution in [2.24, 2.45) is 11.7 Å². The van der Waals surface area contributed by atoms with Gasteiger partial charge in [0.25, 0.3) is 0 Å². The van der Waals surface area contributed by atoms with E-state index in [0.717, 1.165) is 18.5 Å². The van der Waals surface area contributed by atoms with E-state index in [-0.39, 0.29) is 0 Å². The van der Waals surface area contributed by atoms with Crippen molar-refractivity contribution in [2.75, 3.05) is 6.54 Å². The van der Waals surface area contributed by atoms with E-state index >= 15 is 0 Å². The number of hydrogen-bond acceptors (Lipinski definition) is 2. The van der Waals surface area contributed by atoms with Gasteiger partial charge < -0.3 is 5.73 Å². The van der Waals surface area contributed by atoms with Crippen LogP contribution in [0.5, 0.6) is 0 Å². The van der Waals surface area contributed by atoms with Crippen LogP contribution in [0.25, 0.3) is 0 Å². The molecule has 2 nitrogen and oxygen atoms in total. The van der Waals surface area contributed by atoms with E-state index in [1.165, 1.54) is 12.8 Å². The van der Waals surface area contributed by atoms with Gasteiger partial charge in [-0.2, -0.15) is 0 Å². The molecule has 0 saturated carbocycles. The lowest BCUT2D eigenvalue weighted by Crippen LogP contribution is -2.52. The maximum Gasteiger partial charge on any atom is 0.0168 e. The molecule has 0 aliphatic carbocycles. The third-order valence-corrected chi connectivity index (χ3v) is 3.45. The summed E-state index contributed by atoms with van der Waals surface area (Å²) in [5.41, 5.74) is 5.98. The van der Waals surface area contributed by atoms with Gasteiger partial charge in [-0.15, -0.1) is 0 Å². The van der Waals surface area contributed by atoms with Crippen LogP contribution in [-0.4, -0.2) is 29.6 Å². The fraction of sp³-hybridized carbons (Fsp3) is 1.00. The van der Waals surface area contributed by atoms with Crippen molar-refractivity contribution in [3.8, 4) is 0 Å². The van der Waals surface area contributed by atoms with E-state index in [1.54, 1.807) is 0 Å². The zero-order valence-electron chi connectivity index (χ0n) is 9.46. The van der Waals surface area contributed by atoms with E-state index < -0.39 is 0 Å². The molecule has 0 amide bonds. The van der Waals surface area contributed by atoms with Crippen molar-refractivity contribution >= 4 is 0 Å². The smallest absolute Gasteiger partial charge is 0.0168 e. The molecule has 0 aromatic carbocycles. The summed E-state index contributed by atoms with van der Waals surface area (Å²) in [6, 6.07) is 1.79. The van der Waals surface area contributed by atoms with Crippen molar-refractivity contribution in [1.29, 1.82) is 0 Å². The zero-order valence-corrected chi connectivity index (χ0v) is 9.46. The molecule has 2 heteroatoms. The van der Waals surface area contributed by atoms with Crippen LogP contribution in [-0.2, 0) is 0 Å². The van der Waals surface area contributed by atoms with Gasteiger partial charge in [-0.25, -0.2) is 0 Å². The summed E-state index contributed by atoms with van der Waals surface area (Å²) in [5, 5.41) is 0. The first-order chi connectivity index (χ1) is 6.02. The number of likely N-dealkylation sites (tertiary alicyclic amines) is 1. The highest BCUT2D eigenvalue weighted by Crippen LogP contribution is 2.21. The fourth-order valence-electron chi connectivity index (χ4n) is 2.11. The number of piperidine rings is 1. The minimum Gasteiger partial charge on any atom is -0.327 e. The molecule has 1 saturated heterocycles. The Bertz CT molecular complexity index is 156. The number of nitrogens with two attached hydrogens (primary N) is 1. The van der Waals surface area contributed by atoms with Gasteiger partial charge in [0.15, 0.2) is 0 Å². The van der Waals surface area contributed by atoms with Crippen LogP contribution in [0.1, 0.15) is 40.5 Å². The minimum atomic E-state index is 0.400. The Balaban J connectivity index is 2.54. The molecule has 1 aliphatic heterocycles. The molecule has 0 aromatic heterocycles. The Morgan fingerprint density at radius 3 is 2.38 bits per heavy atom. The van der Waals surface area contributed by atoms with Crippen LogP contribution in [0, 0.1) is 5.92 Å². The summed E-state index contributed by atoms with van der Waals surface area (Å²) in [5.74, 6) is 0.729. The van der Waals surface area contributed by atoms with Crippen LogP contribution in [0.2, 0.25) is 0 Å². The molecule has 0 aromatic rings. The topological polar surface area (TPSA) is 29.3 Å². The number of rotatable bonds is 2. The highest BCUT2D eigenvalue weighted by Gasteiger charge is 2.27. The molecule has 0 spiro atoms. The fourth-order valence-corrected chi connectivity index (χ4v) is 2.11. The standard InChI is InChI=1S/C11H24N2/c1-8(2)10(4)13-7-11(12)6-5-9(13)3/h8-11H,5-7,12H2,1-4H3. The van der Waals surface area contributed by atoms with Crippen molar-refractivity contribution in [3.05, 3.63) is 0 Å². The SMILES string of the molecule is CC(C)C(C)N1CC(N)CCC1C. The van der Waals surface area contributed by atoms with Crippen LogP contribution >= 0.6 is 0 Å².